The Labute approximate surface area is 519 Å². The lowest BCUT2D eigenvalue weighted by Gasteiger charge is -2.47. The summed E-state index contributed by atoms with van der Waals surface area (Å²) >= 11 is 0. The van der Waals surface area contributed by atoms with E-state index in [0.29, 0.717) is 11.4 Å². The van der Waals surface area contributed by atoms with Crippen molar-refractivity contribution in [2.75, 3.05) is 9.80 Å². The third-order valence-electron chi connectivity index (χ3n) is 17.4. The van der Waals surface area contributed by atoms with E-state index in [9.17, 15) is 12.3 Å². The van der Waals surface area contributed by atoms with Crippen molar-refractivity contribution in [2.24, 2.45) is 0 Å². The summed E-state index contributed by atoms with van der Waals surface area (Å²) in [7, 11) is 0. The van der Waals surface area contributed by atoms with Gasteiger partial charge in [0.05, 0.1) is 11.4 Å². The topological polar surface area (TPSA) is 6.48 Å². The Morgan fingerprint density at radius 2 is 0.624 bits per heavy atom. The van der Waals surface area contributed by atoms with Gasteiger partial charge in [0, 0.05) is 57.3 Å². The molecule has 3 heteroatoms. The molecule has 85 heavy (non-hydrogen) atoms. The van der Waals surface area contributed by atoms with Gasteiger partial charge in [0.15, 0.2) is 0 Å². The lowest BCUT2D eigenvalue weighted by molar-refractivity contribution is 0.590. The number of hydrogen-bond acceptors (Lipinski definition) is 2. The van der Waals surface area contributed by atoms with Crippen LogP contribution in [0.15, 0.2) is 249 Å². The van der Waals surface area contributed by atoms with Gasteiger partial charge in [0.1, 0.15) is 0 Å². The predicted octanol–water partition coefficient (Wildman–Crippen LogP) is 21.0. The van der Waals surface area contributed by atoms with Gasteiger partial charge in [-0.25, -0.2) is 0 Å². The minimum absolute atomic E-state index is 0.359. The van der Waals surface area contributed by atoms with Crippen molar-refractivity contribution in [1.82, 2.24) is 0 Å². The van der Waals surface area contributed by atoms with E-state index < -0.39 is 38.1 Å². The van der Waals surface area contributed by atoms with E-state index in [1.807, 2.05) is 97.1 Å². The molecule has 0 unspecified atom stereocenters. The summed E-state index contributed by atoms with van der Waals surface area (Å²) in [5, 5.41) is 0. The van der Waals surface area contributed by atoms with Gasteiger partial charge in [0.2, 0.25) is 0 Å². The van der Waals surface area contributed by atoms with Gasteiger partial charge < -0.3 is 9.80 Å². The first-order valence-electron chi connectivity index (χ1n) is 34.3. The predicted molar refractivity (Wildman–Crippen MR) is 368 cm³/mol. The number of anilines is 6. The highest BCUT2D eigenvalue weighted by molar-refractivity contribution is 7.00. The summed E-state index contributed by atoms with van der Waals surface area (Å²) in [5.74, 6) is 0. The molecule has 0 spiro atoms. The van der Waals surface area contributed by atoms with Crippen LogP contribution in [-0.2, 0) is 21.7 Å². The Morgan fingerprint density at radius 1 is 0.282 bits per heavy atom. The first-order chi connectivity index (χ1) is 44.5. The smallest absolute Gasteiger partial charge is 0.252 e. The maximum absolute atomic E-state index is 9.61. The summed E-state index contributed by atoms with van der Waals surface area (Å²) in [4.78, 5) is 4.47. The molecule has 11 aromatic carbocycles. The highest BCUT2D eigenvalue weighted by atomic mass is 15.2. The molecule has 11 aromatic rings. The SMILES string of the molecule is [2H]C([2H])([2H])C(c1cc2c3c(c1)N(c1c(-c4ccccc4)cc(C(C)(C)C)cc1-c1ccccc1)c1cc(C(C)(C)C)c(-c4ccccc4)cc1B3c1cc(-c3ccccc3)ccc1N2c1c(-c2ccccc2)cc(C(C)(C)C)cc1-c1ccccc1)(C([2H])([2H])[2H])C([2H])([2H])[2H]. The van der Waals surface area contributed by atoms with E-state index in [1.54, 1.807) is 12.1 Å². The summed E-state index contributed by atoms with van der Waals surface area (Å²) in [6.07, 6.45) is 0. The Bertz CT molecular complexity index is 4500. The van der Waals surface area contributed by atoms with E-state index in [1.165, 1.54) is 0 Å². The van der Waals surface area contributed by atoms with Crippen LogP contribution in [0.1, 0.15) is 117 Å². The van der Waals surface area contributed by atoms with Crippen LogP contribution in [0.25, 0.3) is 66.8 Å². The van der Waals surface area contributed by atoms with Crippen LogP contribution >= 0.6 is 0 Å². The van der Waals surface area contributed by atoms with Crippen LogP contribution in [0.2, 0.25) is 0 Å². The molecular formula is C82H77BN2. The van der Waals surface area contributed by atoms with Crippen molar-refractivity contribution in [3.8, 4) is 66.8 Å². The standard InChI is InChI=1S/C82H77BN2/c1-79(2,3)61-46-65(56-35-23-15-24-36-56)77(66(47-61)57-37-25-16-26-38-57)84-72-44-43-60(54-31-19-13-20-32-54)45-70(72)83-71-52-64(55-33-21-14-22-34-55)69(82(10,11)12)53-73(71)85(75-51-63(81(7,8)9)50-74(84)76(75)83)78-67(58-39-27-17-28-40-58)48-62(80(4,5)6)49-68(78)59-41-29-18-30-42-59/h13-53H,1-12H3/i7D3,8D3,9D3. The number of benzene rings is 11. The fourth-order valence-electron chi connectivity index (χ4n) is 13.0. The number of rotatable bonds is 8. The van der Waals surface area contributed by atoms with Gasteiger partial charge in [-0.2, -0.15) is 0 Å². The van der Waals surface area contributed by atoms with E-state index in [0.717, 1.165) is 123 Å². The molecule has 0 aliphatic carbocycles. The largest absolute Gasteiger partial charge is 0.310 e. The number of fused-ring (bicyclic) bond motifs is 4. The highest BCUT2D eigenvalue weighted by Gasteiger charge is 2.47. The third kappa shape index (κ3) is 10.0. The second kappa shape index (κ2) is 21.0. The summed E-state index contributed by atoms with van der Waals surface area (Å²) in [6, 6.07) is 85.6. The summed E-state index contributed by atoms with van der Waals surface area (Å²) < 4.78 is 86.5. The van der Waals surface area contributed by atoms with Crippen molar-refractivity contribution in [2.45, 2.75) is 105 Å². The van der Waals surface area contributed by atoms with Crippen LogP contribution < -0.4 is 26.2 Å². The average Bonchev–Trinajstić information content (AvgIpc) is 0.689. The Balaban J connectivity index is 1.34. The number of hydrogen-bond donors (Lipinski definition) is 0. The molecule has 0 amide bonds. The molecule has 0 saturated carbocycles. The van der Waals surface area contributed by atoms with Gasteiger partial charge >= 0.3 is 0 Å². The van der Waals surface area contributed by atoms with Gasteiger partial charge in [0.25, 0.3) is 6.71 Å². The van der Waals surface area contributed by atoms with E-state index >= 15 is 0 Å². The Hall–Kier alpha value is -8.92. The van der Waals surface area contributed by atoms with Crippen molar-refractivity contribution in [3.05, 3.63) is 271 Å². The minimum Gasteiger partial charge on any atom is -0.310 e. The zero-order valence-corrected chi connectivity index (χ0v) is 50.1. The van der Waals surface area contributed by atoms with Crippen LogP contribution in [0.3, 0.4) is 0 Å². The molecule has 0 saturated heterocycles. The maximum atomic E-state index is 9.61. The van der Waals surface area contributed by atoms with Crippen molar-refractivity contribution in [1.29, 1.82) is 0 Å². The van der Waals surface area contributed by atoms with Gasteiger partial charge in [-0.15, -0.1) is 0 Å². The second-order valence-corrected chi connectivity index (χ2v) is 26.3. The third-order valence-corrected chi connectivity index (χ3v) is 17.4. The quantitative estimate of drug-likeness (QED) is 0.140. The van der Waals surface area contributed by atoms with Gasteiger partial charge in [-0.05, 0) is 153 Å². The average molecular weight is 1110 g/mol. The molecule has 418 valence electrons. The fourth-order valence-corrected chi connectivity index (χ4v) is 13.0. The van der Waals surface area contributed by atoms with E-state index in [-0.39, 0.29) is 16.4 Å². The lowest BCUT2D eigenvalue weighted by atomic mass is 9.33. The zero-order valence-electron chi connectivity index (χ0n) is 59.1. The monoisotopic (exact) mass is 1110 g/mol. The first-order valence-corrected chi connectivity index (χ1v) is 29.8. The summed E-state index contributed by atoms with van der Waals surface area (Å²) in [6.45, 7) is 8.36. The van der Waals surface area contributed by atoms with Crippen LogP contribution in [0.5, 0.6) is 0 Å². The van der Waals surface area contributed by atoms with Crippen molar-refractivity contribution >= 4 is 57.2 Å². The fraction of sp³-hybridized carbons (Fsp3) is 0.195. The molecule has 2 aliphatic rings. The lowest BCUT2D eigenvalue weighted by Crippen LogP contribution is -2.61. The van der Waals surface area contributed by atoms with Crippen LogP contribution in [-0.4, -0.2) is 6.71 Å². The second-order valence-electron chi connectivity index (χ2n) is 26.3. The van der Waals surface area contributed by atoms with Gasteiger partial charge in [-0.1, -0.05) is 283 Å². The molecule has 0 fully saturated rings. The van der Waals surface area contributed by atoms with E-state index in [2.05, 4.69) is 212 Å². The first kappa shape index (κ1) is 45.5. The molecule has 0 atom stereocenters. The highest BCUT2D eigenvalue weighted by Crippen LogP contribution is 2.56. The van der Waals surface area contributed by atoms with Crippen molar-refractivity contribution in [3.63, 3.8) is 0 Å². The molecule has 0 N–H and O–H groups in total. The van der Waals surface area contributed by atoms with Crippen molar-refractivity contribution < 1.29 is 12.3 Å². The molecule has 13 rings (SSSR count). The molecule has 2 heterocycles. The molecule has 2 nitrogen and oxygen atoms in total. The molecule has 0 radical (unpaired) electrons. The number of nitrogens with zero attached hydrogens (tertiary/aromatic N) is 2. The molecule has 0 aromatic heterocycles. The molecule has 2 aliphatic heterocycles. The Morgan fingerprint density at radius 3 is 0.988 bits per heavy atom. The van der Waals surface area contributed by atoms with E-state index in [4.69, 9.17) is 0 Å². The Kier molecular flexibility index (Phi) is 11.2. The molecular weight excluding hydrogens is 1020 g/mol. The zero-order chi connectivity index (χ0) is 66.7. The maximum Gasteiger partial charge on any atom is 0.252 e. The van der Waals surface area contributed by atoms with Gasteiger partial charge in [-0.3, -0.25) is 0 Å². The molecule has 0 bridgehead atoms. The summed E-state index contributed by atoms with van der Waals surface area (Å²) in [5.41, 5.74) is 15.8. The normalized spacial score (nSPS) is 15.1. The van der Waals surface area contributed by atoms with Crippen LogP contribution in [0, 0.1) is 0 Å². The van der Waals surface area contributed by atoms with Crippen LogP contribution in [0.4, 0.5) is 34.1 Å². The minimum atomic E-state index is -3.63.